The van der Waals surface area contributed by atoms with Crippen LogP contribution in [0.25, 0.3) is 0 Å². The summed E-state index contributed by atoms with van der Waals surface area (Å²) in [7, 11) is 0. The van der Waals surface area contributed by atoms with Crippen LogP contribution in [0.2, 0.25) is 0 Å². The maximum atomic E-state index is 13.0. The Hall–Kier alpha value is -1.42. The molecule has 1 aromatic carbocycles. The Morgan fingerprint density at radius 2 is 2.26 bits per heavy atom. The molecule has 1 aliphatic heterocycles. The van der Waals surface area contributed by atoms with Gasteiger partial charge in [0.25, 0.3) is 0 Å². The lowest BCUT2D eigenvalue weighted by atomic mass is 10.1. The van der Waals surface area contributed by atoms with Gasteiger partial charge in [0.1, 0.15) is 5.82 Å². The van der Waals surface area contributed by atoms with Gasteiger partial charge in [-0.1, -0.05) is 6.07 Å². The van der Waals surface area contributed by atoms with Gasteiger partial charge < -0.3 is 10.2 Å². The number of benzene rings is 1. The average Bonchev–Trinajstić information content (AvgIpc) is 2.74. The summed E-state index contributed by atoms with van der Waals surface area (Å²) in [6.07, 6.45) is 1.66. The van der Waals surface area contributed by atoms with E-state index >= 15 is 0 Å². The lowest BCUT2D eigenvalue weighted by molar-refractivity contribution is -0.127. The highest BCUT2D eigenvalue weighted by atomic mass is 19.1. The van der Waals surface area contributed by atoms with Gasteiger partial charge in [-0.2, -0.15) is 0 Å². The number of aryl methyl sites for hydroxylation is 1. The van der Waals surface area contributed by atoms with Crippen molar-refractivity contribution in [3.05, 3.63) is 35.1 Å². The van der Waals surface area contributed by atoms with Gasteiger partial charge in [0, 0.05) is 32.1 Å². The van der Waals surface area contributed by atoms with Crippen molar-refractivity contribution in [3.63, 3.8) is 0 Å². The number of halogens is 1. The summed E-state index contributed by atoms with van der Waals surface area (Å²) in [6, 6.07) is 5.09. The predicted molar refractivity (Wildman–Crippen MR) is 73.3 cm³/mol. The molecule has 1 N–H and O–H groups in total. The number of nitrogens with zero attached hydrogens (tertiary/aromatic N) is 1. The molecule has 1 saturated heterocycles. The van der Waals surface area contributed by atoms with Crippen LogP contribution in [0.3, 0.4) is 0 Å². The molecule has 1 aliphatic rings. The Balaban J connectivity index is 1.82. The molecule has 0 radical (unpaired) electrons. The summed E-state index contributed by atoms with van der Waals surface area (Å²) < 4.78 is 13.0. The van der Waals surface area contributed by atoms with Crippen molar-refractivity contribution in [2.24, 2.45) is 0 Å². The highest BCUT2D eigenvalue weighted by Gasteiger charge is 2.21. The predicted octanol–water partition coefficient (Wildman–Crippen LogP) is 2.23. The van der Waals surface area contributed by atoms with Crippen molar-refractivity contribution in [2.75, 3.05) is 13.1 Å². The van der Waals surface area contributed by atoms with E-state index in [9.17, 15) is 9.18 Å². The quantitative estimate of drug-likeness (QED) is 0.884. The van der Waals surface area contributed by atoms with Crippen LogP contribution < -0.4 is 5.32 Å². The zero-order valence-electron chi connectivity index (χ0n) is 11.6. The molecule has 19 heavy (non-hydrogen) atoms. The van der Waals surface area contributed by atoms with Crippen molar-refractivity contribution in [1.82, 2.24) is 10.2 Å². The standard InChI is InChI=1S/C15H21FN2O/c1-11-8-14(16)6-5-13(11)9-17-12(2)10-18-7-3-4-15(18)19/h5-6,8,12,17H,3-4,7,9-10H2,1-2H3. The maximum absolute atomic E-state index is 13.0. The minimum atomic E-state index is -0.197. The first kappa shape index (κ1) is 14.0. The summed E-state index contributed by atoms with van der Waals surface area (Å²) in [5.74, 6) is 0.0589. The van der Waals surface area contributed by atoms with Crippen LogP contribution in [-0.2, 0) is 11.3 Å². The lowest BCUT2D eigenvalue weighted by Gasteiger charge is -2.22. The van der Waals surface area contributed by atoms with Crippen molar-refractivity contribution in [2.45, 2.75) is 39.3 Å². The third kappa shape index (κ3) is 3.77. The largest absolute Gasteiger partial charge is 0.341 e. The fourth-order valence-corrected chi connectivity index (χ4v) is 2.43. The third-order valence-electron chi connectivity index (χ3n) is 3.61. The van der Waals surface area contributed by atoms with E-state index in [1.807, 2.05) is 17.9 Å². The summed E-state index contributed by atoms with van der Waals surface area (Å²) in [5.41, 5.74) is 2.05. The van der Waals surface area contributed by atoms with Gasteiger partial charge in [0.2, 0.25) is 5.91 Å². The van der Waals surface area contributed by atoms with Crippen LogP contribution in [0.5, 0.6) is 0 Å². The molecular formula is C15H21FN2O. The second kappa shape index (κ2) is 6.15. The highest BCUT2D eigenvalue weighted by Crippen LogP contribution is 2.12. The Kier molecular flexibility index (Phi) is 4.53. The minimum absolute atomic E-state index is 0.197. The fraction of sp³-hybridized carbons (Fsp3) is 0.533. The maximum Gasteiger partial charge on any atom is 0.222 e. The molecule has 1 heterocycles. The van der Waals surface area contributed by atoms with E-state index in [0.29, 0.717) is 13.0 Å². The zero-order valence-corrected chi connectivity index (χ0v) is 11.6. The van der Waals surface area contributed by atoms with Crippen LogP contribution in [0.1, 0.15) is 30.9 Å². The van der Waals surface area contributed by atoms with Gasteiger partial charge in [0.05, 0.1) is 0 Å². The fourth-order valence-electron chi connectivity index (χ4n) is 2.43. The first-order valence-electron chi connectivity index (χ1n) is 6.82. The molecule has 1 aromatic rings. The van der Waals surface area contributed by atoms with E-state index in [-0.39, 0.29) is 17.8 Å². The normalized spacial score (nSPS) is 17.0. The molecule has 1 unspecified atom stereocenters. The first-order chi connectivity index (χ1) is 9.06. The Labute approximate surface area is 113 Å². The Morgan fingerprint density at radius 3 is 2.89 bits per heavy atom. The van der Waals surface area contributed by atoms with E-state index < -0.39 is 0 Å². The molecule has 0 spiro atoms. The Morgan fingerprint density at radius 1 is 1.47 bits per heavy atom. The van der Waals surface area contributed by atoms with Gasteiger partial charge in [-0.25, -0.2) is 4.39 Å². The van der Waals surface area contributed by atoms with Crippen molar-refractivity contribution in [3.8, 4) is 0 Å². The second-order valence-corrected chi connectivity index (χ2v) is 5.30. The van der Waals surface area contributed by atoms with E-state index in [4.69, 9.17) is 0 Å². The first-order valence-corrected chi connectivity index (χ1v) is 6.82. The number of amides is 1. The van der Waals surface area contributed by atoms with E-state index in [0.717, 1.165) is 30.6 Å². The molecule has 3 nitrogen and oxygen atoms in total. The molecule has 1 amide bonds. The molecule has 0 bridgehead atoms. The smallest absolute Gasteiger partial charge is 0.222 e. The molecule has 2 rings (SSSR count). The number of likely N-dealkylation sites (tertiary alicyclic amines) is 1. The number of hydrogen-bond acceptors (Lipinski definition) is 2. The topological polar surface area (TPSA) is 32.3 Å². The minimum Gasteiger partial charge on any atom is -0.341 e. The van der Waals surface area contributed by atoms with E-state index in [1.165, 1.54) is 6.07 Å². The molecule has 1 fully saturated rings. The summed E-state index contributed by atoms with van der Waals surface area (Å²) in [6.45, 7) is 6.31. The molecular weight excluding hydrogens is 243 g/mol. The van der Waals surface area contributed by atoms with Gasteiger partial charge in [-0.05, 0) is 43.5 Å². The molecule has 0 aromatic heterocycles. The van der Waals surface area contributed by atoms with Crippen molar-refractivity contribution >= 4 is 5.91 Å². The zero-order chi connectivity index (χ0) is 13.8. The number of carbonyl (C=O) groups excluding carboxylic acids is 1. The van der Waals surface area contributed by atoms with Crippen molar-refractivity contribution in [1.29, 1.82) is 0 Å². The second-order valence-electron chi connectivity index (χ2n) is 5.30. The number of nitrogens with one attached hydrogen (secondary N) is 1. The lowest BCUT2D eigenvalue weighted by Crippen LogP contribution is -2.39. The van der Waals surface area contributed by atoms with Crippen LogP contribution in [0.15, 0.2) is 18.2 Å². The molecule has 104 valence electrons. The molecule has 4 heteroatoms. The van der Waals surface area contributed by atoms with Crippen LogP contribution in [-0.4, -0.2) is 29.9 Å². The van der Waals surface area contributed by atoms with Gasteiger partial charge in [0.15, 0.2) is 0 Å². The van der Waals surface area contributed by atoms with Crippen LogP contribution >= 0.6 is 0 Å². The number of rotatable bonds is 5. The summed E-state index contributed by atoms with van der Waals surface area (Å²) >= 11 is 0. The summed E-state index contributed by atoms with van der Waals surface area (Å²) in [5, 5.41) is 3.39. The molecule has 0 saturated carbocycles. The van der Waals surface area contributed by atoms with Crippen molar-refractivity contribution < 1.29 is 9.18 Å². The number of hydrogen-bond donors (Lipinski definition) is 1. The number of carbonyl (C=O) groups is 1. The van der Waals surface area contributed by atoms with Gasteiger partial charge >= 0.3 is 0 Å². The summed E-state index contributed by atoms with van der Waals surface area (Å²) in [4.78, 5) is 13.4. The van der Waals surface area contributed by atoms with Gasteiger partial charge in [-0.15, -0.1) is 0 Å². The molecule has 0 aliphatic carbocycles. The highest BCUT2D eigenvalue weighted by molar-refractivity contribution is 5.78. The van der Waals surface area contributed by atoms with Gasteiger partial charge in [-0.3, -0.25) is 4.79 Å². The third-order valence-corrected chi connectivity index (χ3v) is 3.61. The van der Waals surface area contributed by atoms with E-state index in [2.05, 4.69) is 12.2 Å². The average molecular weight is 264 g/mol. The van der Waals surface area contributed by atoms with Crippen LogP contribution in [0.4, 0.5) is 4.39 Å². The Bertz CT molecular complexity index is 461. The molecule has 1 atom stereocenters. The van der Waals surface area contributed by atoms with E-state index in [1.54, 1.807) is 6.07 Å². The van der Waals surface area contributed by atoms with Crippen LogP contribution in [0, 0.1) is 12.7 Å². The SMILES string of the molecule is Cc1cc(F)ccc1CNC(C)CN1CCCC1=O. The monoisotopic (exact) mass is 264 g/mol.